The molecule has 0 aliphatic carbocycles. The Morgan fingerprint density at radius 1 is 0.643 bits per heavy atom. The molecule has 156 valence electrons. The third-order valence-electron chi connectivity index (χ3n) is 5.44. The molecule has 1 heterocycles. The highest BCUT2D eigenvalue weighted by Gasteiger charge is 2.05. The van der Waals surface area contributed by atoms with Crippen molar-refractivity contribution in [2.24, 2.45) is 0 Å². The second-order valence-corrected chi connectivity index (χ2v) is 9.13. The maximum Gasteiger partial charge on any atom is 0.118 e. The van der Waals surface area contributed by atoms with E-state index in [1.807, 2.05) is 30.0 Å². The molecule has 1 aromatic carbocycles. The minimum atomic E-state index is 1.00. The molecule has 0 amide bonds. The van der Waals surface area contributed by atoms with Gasteiger partial charge >= 0.3 is 0 Å². The third-order valence-corrected chi connectivity index (χ3v) is 6.59. The lowest BCUT2D eigenvalue weighted by Crippen LogP contribution is -1.93. The lowest BCUT2D eigenvalue weighted by Gasteiger charge is -2.06. The number of unbranched alkanes of at least 4 members (excludes halogenated alkanes) is 13. The molecule has 2 rings (SSSR count). The maximum absolute atomic E-state index is 4.78. The first-order chi connectivity index (χ1) is 13.8. The van der Waals surface area contributed by atoms with Gasteiger partial charge < -0.3 is 0 Å². The van der Waals surface area contributed by atoms with Crippen LogP contribution in [0.4, 0.5) is 0 Å². The van der Waals surface area contributed by atoms with E-state index in [4.69, 9.17) is 4.98 Å². The molecule has 2 nitrogen and oxygen atoms in total. The standard InChI is InChI=1S/C25H40N2S/c1-3-4-5-6-7-8-9-10-11-12-13-14-15-18-21-28-25-22(2)26-23-19-16-17-20-24(23)27-25/h16-17,19-20H,3-15,18,21H2,1-2H3. The molecule has 0 saturated carbocycles. The van der Waals surface area contributed by atoms with E-state index in [2.05, 4.69) is 24.9 Å². The molecule has 0 unspecified atom stereocenters. The Balaban J connectivity index is 1.42. The van der Waals surface area contributed by atoms with E-state index in [-0.39, 0.29) is 0 Å². The summed E-state index contributed by atoms with van der Waals surface area (Å²) < 4.78 is 0. The molecule has 1 aromatic heterocycles. The predicted octanol–water partition coefficient (Wildman–Crippen LogP) is 8.51. The third kappa shape index (κ3) is 9.41. The Morgan fingerprint density at radius 2 is 1.11 bits per heavy atom. The van der Waals surface area contributed by atoms with Crippen molar-refractivity contribution in [2.75, 3.05) is 5.75 Å². The van der Waals surface area contributed by atoms with Crippen molar-refractivity contribution in [1.29, 1.82) is 0 Å². The highest BCUT2D eigenvalue weighted by atomic mass is 32.2. The van der Waals surface area contributed by atoms with Gasteiger partial charge in [0, 0.05) is 0 Å². The average molecular weight is 401 g/mol. The molecule has 0 spiro atoms. The van der Waals surface area contributed by atoms with Crippen LogP contribution in [-0.2, 0) is 0 Å². The highest BCUT2D eigenvalue weighted by Crippen LogP contribution is 2.23. The van der Waals surface area contributed by atoms with Crippen LogP contribution in [0, 0.1) is 6.92 Å². The molecule has 3 heteroatoms. The zero-order valence-corrected chi connectivity index (χ0v) is 19.0. The summed E-state index contributed by atoms with van der Waals surface area (Å²) in [5.41, 5.74) is 3.08. The minimum Gasteiger partial charge on any atom is -0.249 e. The van der Waals surface area contributed by atoms with Crippen LogP contribution in [0.25, 0.3) is 11.0 Å². The Hall–Kier alpha value is -1.09. The molecule has 2 aromatic rings. The predicted molar refractivity (Wildman–Crippen MR) is 125 cm³/mol. The van der Waals surface area contributed by atoms with Crippen LogP contribution in [0.3, 0.4) is 0 Å². The number of nitrogens with zero attached hydrogens (tertiary/aromatic N) is 2. The first-order valence-corrected chi connectivity index (χ1v) is 12.7. The largest absolute Gasteiger partial charge is 0.249 e. The molecular weight excluding hydrogens is 360 g/mol. The summed E-state index contributed by atoms with van der Waals surface area (Å²) in [6.07, 6.45) is 19.8. The fourth-order valence-corrected chi connectivity index (χ4v) is 4.63. The number of hydrogen-bond donors (Lipinski definition) is 0. The van der Waals surface area contributed by atoms with Crippen LogP contribution in [0.5, 0.6) is 0 Å². The van der Waals surface area contributed by atoms with Crippen molar-refractivity contribution < 1.29 is 0 Å². The number of thioether (sulfide) groups is 1. The number of hydrogen-bond acceptors (Lipinski definition) is 3. The Labute approximate surface area is 177 Å². The van der Waals surface area contributed by atoms with Crippen molar-refractivity contribution >= 4 is 22.8 Å². The number of aryl methyl sites for hydroxylation is 1. The van der Waals surface area contributed by atoms with Gasteiger partial charge in [-0.05, 0) is 31.2 Å². The van der Waals surface area contributed by atoms with Crippen LogP contribution in [0.2, 0.25) is 0 Å². The first kappa shape index (κ1) is 23.2. The van der Waals surface area contributed by atoms with Crippen LogP contribution >= 0.6 is 11.8 Å². The summed E-state index contributed by atoms with van der Waals surface area (Å²) in [7, 11) is 0. The van der Waals surface area contributed by atoms with Crippen LogP contribution < -0.4 is 0 Å². The molecular formula is C25H40N2S. The zero-order chi connectivity index (χ0) is 19.9. The number of para-hydroxylation sites is 2. The van der Waals surface area contributed by atoms with E-state index in [0.717, 1.165) is 27.5 Å². The monoisotopic (exact) mass is 400 g/mol. The molecule has 0 atom stereocenters. The van der Waals surface area contributed by atoms with Gasteiger partial charge in [-0.3, -0.25) is 0 Å². The normalized spacial score (nSPS) is 11.4. The Bertz CT molecular complexity index is 656. The molecule has 0 aliphatic rings. The van der Waals surface area contributed by atoms with Crippen LogP contribution in [0.15, 0.2) is 29.3 Å². The SMILES string of the molecule is CCCCCCCCCCCCCCCCSc1nc2ccccc2nc1C. The van der Waals surface area contributed by atoms with Gasteiger partial charge in [0.25, 0.3) is 0 Å². The molecule has 0 fully saturated rings. The van der Waals surface area contributed by atoms with Crippen molar-refractivity contribution in [3.05, 3.63) is 30.0 Å². The van der Waals surface area contributed by atoms with E-state index < -0.39 is 0 Å². The van der Waals surface area contributed by atoms with E-state index >= 15 is 0 Å². The smallest absolute Gasteiger partial charge is 0.118 e. The molecule has 0 N–H and O–H groups in total. The maximum atomic E-state index is 4.78. The zero-order valence-electron chi connectivity index (χ0n) is 18.2. The summed E-state index contributed by atoms with van der Waals surface area (Å²) in [6.45, 7) is 4.37. The number of benzene rings is 1. The van der Waals surface area contributed by atoms with Gasteiger partial charge in [0.1, 0.15) is 5.03 Å². The summed E-state index contributed by atoms with van der Waals surface area (Å²) in [5.74, 6) is 1.16. The lowest BCUT2D eigenvalue weighted by atomic mass is 10.0. The van der Waals surface area contributed by atoms with Gasteiger partial charge in [-0.1, -0.05) is 103 Å². The minimum absolute atomic E-state index is 1.00. The fraction of sp³-hybridized carbons (Fsp3) is 0.680. The molecule has 0 aliphatic heterocycles. The summed E-state index contributed by atoms with van der Waals surface area (Å²) in [5, 5.41) is 1.10. The molecule has 28 heavy (non-hydrogen) atoms. The number of fused-ring (bicyclic) bond motifs is 1. The van der Waals surface area contributed by atoms with Crippen molar-refractivity contribution in [1.82, 2.24) is 9.97 Å². The van der Waals surface area contributed by atoms with E-state index in [9.17, 15) is 0 Å². The van der Waals surface area contributed by atoms with Gasteiger partial charge in [-0.25, -0.2) is 9.97 Å². The second-order valence-electron chi connectivity index (χ2n) is 8.05. The second kappa shape index (κ2) is 14.8. The van der Waals surface area contributed by atoms with Gasteiger partial charge in [0.2, 0.25) is 0 Å². The summed E-state index contributed by atoms with van der Waals surface area (Å²) in [4.78, 5) is 9.46. The summed E-state index contributed by atoms with van der Waals surface area (Å²) in [6, 6.07) is 8.15. The number of rotatable bonds is 16. The Kier molecular flexibility index (Phi) is 12.3. The van der Waals surface area contributed by atoms with Crippen LogP contribution in [0.1, 0.15) is 103 Å². The van der Waals surface area contributed by atoms with E-state index in [1.165, 1.54) is 89.9 Å². The van der Waals surface area contributed by atoms with E-state index in [1.54, 1.807) is 0 Å². The van der Waals surface area contributed by atoms with Crippen LogP contribution in [-0.4, -0.2) is 15.7 Å². The van der Waals surface area contributed by atoms with Gasteiger partial charge in [0.15, 0.2) is 0 Å². The van der Waals surface area contributed by atoms with Crippen molar-refractivity contribution in [3.8, 4) is 0 Å². The highest BCUT2D eigenvalue weighted by molar-refractivity contribution is 7.99. The van der Waals surface area contributed by atoms with E-state index in [0.29, 0.717) is 0 Å². The van der Waals surface area contributed by atoms with Gasteiger partial charge in [-0.15, -0.1) is 11.8 Å². The first-order valence-electron chi connectivity index (χ1n) is 11.7. The Morgan fingerprint density at radius 3 is 1.64 bits per heavy atom. The fourth-order valence-electron chi connectivity index (χ4n) is 3.67. The topological polar surface area (TPSA) is 25.8 Å². The average Bonchev–Trinajstić information content (AvgIpc) is 2.71. The molecule has 0 bridgehead atoms. The quantitative estimate of drug-likeness (QED) is 0.208. The number of aromatic nitrogens is 2. The molecule has 0 saturated heterocycles. The van der Waals surface area contributed by atoms with Crippen molar-refractivity contribution in [3.63, 3.8) is 0 Å². The van der Waals surface area contributed by atoms with Crippen molar-refractivity contribution in [2.45, 2.75) is 109 Å². The molecule has 0 radical (unpaired) electrons. The van der Waals surface area contributed by atoms with Gasteiger partial charge in [-0.2, -0.15) is 0 Å². The summed E-state index contributed by atoms with van der Waals surface area (Å²) >= 11 is 1.87. The lowest BCUT2D eigenvalue weighted by molar-refractivity contribution is 0.538. The van der Waals surface area contributed by atoms with Gasteiger partial charge in [0.05, 0.1) is 16.7 Å².